The van der Waals surface area contributed by atoms with Gasteiger partial charge in [-0.25, -0.2) is 0 Å². The van der Waals surface area contributed by atoms with E-state index in [9.17, 15) is 4.79 Å². The smallest absolute Gasteiger partial charge is 0.224 e. The molecule has 0 aromatic rings. The number of nitrogens with one attached hydrogen (secondary N) is 1. The monoisotopic (exact) mass is 240 g/mol. The Bertz CT molecular complexity index is 252. The average Bonchev–Trinajstić information content (AvgIpc) is 2.77. The van der Waals surface area contributed by atoms with Crippen LogP contribution in [0.15, 0.2) is 0 Å². The molecule has 2 aliphatic rings. The highest BCUT2D eigenvalue weighted by Gasteiger charge is 2.29. The molecule has 17 heavy (non-hydrogen) atoms. The molecule has 0 aromatic heterocycles. The lowest BCUT2D eigenvalue weighted by molar-refractivity contribution is -0.125. The molecule has 1 aliphatic heterocycles. The van der Waals surface area contributed by atoms with Crippen LogP contribution in [0.5, 0.6) is 0 Å². The number of rotatable bonds is 4. The lowest BCUT2D eigenvalue weighted by Crippen LogP contribution is -2.39. The van der Waals surface area contributed by atoms with Gasteiger partial charge >= 0.3 is 0 Å². The number of hydrogen-bond acceptors (Lipinski definition) is 3. The Kier molecular flexibility index (Phi) is 4.80. The Labute approximate surface area is 103 Å². The van der Waals surface area contributed by atoms with Gasteiger partial charge in [0.2, 0.25) is 5.91 Å². The third-order valence-electron chi connectivity index (χ3n) is 4.10. The van der Waals surface area contributed by atoms with Crippen molar-refractivity contribution < 1.29 is 9.53 Å². The Hall–Kier alpha value is -0.610. The van der Waals surface area contributed by atoms with Crippen LogP contribution in [0.25, 0.3) is 0 Å². The predicted molar refractivity (Wildman–Crippen MR) is 66.5 cm³/mol. The minimum atomic E-state index is 0.0599. The van der Waals surface area contributed by atoms with E-state index in [0.29, 0.717) is 0 Å². The molecule has 4 heteroatoms. The molecule has 1 saturated carbocycles. The summed E-state index contributed by atoms with van der Waals surface area (Å²) >= 11 is 0. The van der Waals surface area contributed by atoms with Crippen LogP contribution < -0.4 is 11.1 Å². The van der Waals surface area contributed by atoms with Gasteiger partial charge < -0.3 is 15.8 Å². The lowest BCUT2D eigenvalue weighted by atomic mass is 9.96. The zero-order valence-electron chi connectivity index (χ0n) is 10.5. The second-order valence-corrected chi connectivity index (χ2v) is 5.34. The van der Waals surface area contributed by atoms with Gasteiger partial charge in [-0.05, 0) is 38.0 Å². The average molecular weight is 240 g/mol. The summed E-state index contributed by atoms with van der Waals surface area (Å²) in [5.74, 6) is 0.952. The molecule has 1 amide bonds. The number of amides is 1. The lowest BCUT2D eigenvalue weighted by Gasteiger charge is -2.22. The molecule has 0 radical (unpaired) electrons. The fraction of sp³-hybridized carbons (Fsp3) is 0.923. The van der Waals surface area contributed by atoms with Crippen LogP contribution in [-0.2, 0) is 9.53 Å². The van der Waals surface area contributed by atoms with Crippen molar-refractivity contribution in [1.82, 2.24) is 5.32 Å². The minimum Gasteiger partial charge on any atom is -0.381 e. The van der Waals surface area contributed by atoms with Crippen LogP contribution in [0.2, 0.25) is 0 Å². The van der Waals surface area contributed by atoms with Gasteiger partial charge in [0, 0.05) is 25.8 Å². The third-order valence-corrected chi connectivity index (χ3v) is 4.10. The fourth-order valence-electron chi connectivity index (χ4n) is 2.88. The Morgan fingerprint density at radius 3 is 2.65 bits per heavy atom. The van der Waals surface area contributed by atoms with Crippen LogP contribution in [0.4, 0.5) is 0 Å². The highest BCUT2D eigenvalue weighted by molar-refractivity contribution is 5.79. The zero-order chi connectivity index (χ0) is 12.1. The van der Waals surface area contributed by atoms with Gasteiger partial charge in [-0.1, -0.05) is 6.42 Å². The first kappa shape index (κ1) is 12.8. The van der Waals surface area contributed by atoms with Crippen molar-refractivity contribution in [3.05, 3.63) is 0 Å². The maximum absolute atomic E-state index is 11.9. The van der Waals surface area contributed by atoms with Gasteiger partial charge in [0.15, 0.2) is 0 Å². The summed E-state index contributed by atoms with van der Waals surface area (Å²) in [5.41, 5.74) is 5.92. The highest BCUT2D eigenvalue weighted by atomic mass is 16.5. The van der Waals surface area contributed by atoms with E-state index in [4.69, 9.17) is 10.5 Å². The molecule has 4 nitrogen and oxygen atoms in total. The summed E-state index contributed by atoms with van der Waals surface area (Å²) in [6.45, 7) is 2.56. The first-order chi connectivity index (χ1) is 8.27. The number of hydrogen-bond donors (Lipinski definition) is 2. The number of ether oxygens (including phenoxy) is 1. The van der Waals surface area contributed by atoms with Gasteiger partial charge in [0.25, 0.3) is 0 Å². The van der Waals surface area contributed by atoms with Crippen molar-refractivity contribution in [2.24, 2.45) is 17.6 Å². The predicted octanol–water partition coefficient (Wildman–Crippen LogP) is 1.05. The van der Waals surface area contributed by atoms with E-state index in [1.165, 1.54) is 0 Å². The molecule has 1 aliphatic carbocycles. The Morgan fingerprint density at radius 1 is 1.24 bits per heavy atom. The molecule has 2 rings (SSSR count). The van der Waals surface area contributed by atoms with Crippen LogP contribution in [-0.4, -0.2) is 31.7 Å². The van der Waals surface area contributed by atoms with E-state index in [1.54, 1.807) is 0 Å². The maximum atomic E-state index is 11.9. The minimum absolute atomic E-state index is 0.0599. The maximum Gasteiger partial charge on any atom is 0.224 e. The van der Waals surface area contributed by atoms with Crippen LogP contribution in [0.3, 0.4) is 0 Å². The van der Waals surface area contributed by atoms with Crippen LogP contribution in [0.1, 0.15) is 38.5 Å². The van der Waals surface area contributed by atoms with E-state index < -0.39 is 0 Å². The molecule has 0 aromatic carbocycles. The summed E-state index contributed by atoms with van der Waals surface area (Å²) < 4.78 is 5.32. The molecule has 98 valence electrons. The SMILES string of the molecule is NC1CCCC1C(=O)NCCC1CCOCC1. The molecule has 2 atom stereocenters. The van der Waals surface area contributed by atoms with Crippen molar-refractivity contribution in [3.63, 3.8) is 0 Å². The topological polar surface area (TPSA) is 64.4 Å². The first-order valence-electron chi connectivity index (χ1n) is 6.88. The third kappa shape index (κ3) is 3.68. The van der Waals surface area contributed by atoms with Crippen molar-refractivity contribution >= 4 is 5.91 Å². The van der Waals surface area contributed by atoms with Crippen molar-refractivity contribution in [1.29, 1.82) is 0 Å². The number of carbonyl (C=O) groups is 1. The van der Waals surface area contributed by atoms with Crippen molar-refractivity contribution in [2.45, 2.75) is 44.6 Å². The molecule has 0 bridgehead atoms. The highest BCUT2D eigenvalue weighted by Crippen LogP contribution is 2.24. The fourth-order valence-corrected chi connectivity index (χ4v) is 2.88. The largest absolute Gasteiger partial charge is 0.381 e. The van der Waals surface area contributed by atoms with E-state index in [0.717, 1.165) is 64.2 Å². The van der Waals surface area contributed by atoms with E-state index >= 15 is 0 Å². The number of carbonyl (C=O) groups excluding carboxylic acids is 1. The normalized spacial score (nSPS) is 30.4. The second kappa shape index (κ2) is 6.36. The molecule has 2 fully saturated rings. The molecule has 1 heterocycles. The summed E-state index contributed by atoms with van der Waals surface area (Å²) in [7, 11) is 0. The van der Waals surface area contributed by atoms with Gasteiger partial charge in [-0.15, -0.1) is 0 Å². The van der Waals surface area contributed by atoms with E-state index in [-0.39, 0.29) is 17.9 Å². The quantitative estimate of drug-likeness (QED) is 0.772. The second-order valence-electron chi connectivity index (χ2n) is 5.34. The Morgan fingerprint density at radius 2 is 2.00 bits per heavy atom. The van der Waals surface area contributed by atoms with Crippen molar-refractivity contribution in [3.8, 4) is 0 Å². The molecular weight excluding hydrogens is 216 g/mol. The molecular formula is C13H24N2O2. The van der Waals surface area contributed by atoms with Gasteiger partial charge in [-0.2, -0.15) is 0 Å². The van der Waals surface area contributed by atoms with E-state index in [2.05, 4.69) is 5.32 Å². The molecule has 1 saturated heterocycles. The first-order valence-corrected chi connectivity index (χ1v) is 6.88. The van der Waals surface area contributed by atoms with Gasteiger partial charge in [0.05, 0.1) is 5.92 Å². The van der Waals surface area contributed by atoms with Crippen LogP contribution in [0, 0.1) is 11.8 Å². The summed E-state index contributed by atoms with van der Waals surface area (Å²) in [6.07, 6.45) is 6.41. The van der Waals surface area contributed by atoms with Crippen LogP contribution >= 0.6 is 0 Å². The molecule has 2 unspecified atom stereocenters. The summed E-state index contributed by atoms with van der Waals surface area (Å²) in [4.78, 5) is 11.9. The molecule has 3 N–H and O–H groups in total. The zero-order valence-corrected chi connectivity index (χ0v) is 10.5. The molecule has 0 spiro atoms. The summed E-state index contributed by atoms with van der Waals surface area (Å²) in [5, 5.41) is 3.04. The van der Waals surface area contributed by atoms with Gasteiger partial charge in [0.1, 0.15) is 0 Å². The van der Waals surface area contributed by atoms with E-state index in [1.807, 2.05) is 0 Å². The standard InChI is InChI=1S/C13H24N2O2/c14-12-3-1-2-11(12)13(16)15-7-4-10-5-8-17-9-6-10/h10-12H,1-9,14H2,(H,15,16). The summed E-state index contributed by atoms with van der Waals surface area (Å²) in [6, 6.07) is 0.0816. The Balaban J connectivity index is 1.62. The number of nitrogens with two attached hydrogens (primary N) is 1. The van der Waals surface area contributed by atoms with Gasteiger partial charge in [-0.3, -0.25) is 4.79 Å². The van der Waals surface area contributed by atoms with Crippen molar-refractivity contribution in [2.75, 3.05) is 19.8 Å².